The van der Waals surface area contributed by atoms with Gasteiger partial charge in [-0.2, -0.15) is 0 Å². The minimum absolute atomic E-state index is 0.314. The van der Waals surface area contributed by atoms with Crippen LogP contribution in [0.3, 0.4) is 0 Å². The minimum atomic E-state index is -0.399. The van der Waals surface area contributed by atoms with Crippen molar-refractivity contribution >= 4 is 11.6 Å². The average Bonchev–Trinajstić information content (AvgIpc) is 2.49. The van der Waals surface area contributed by atoms with Crippen LogP contribution in [0.5, 0.6) is 5.75 Å². The van der Waals surface area contributed by atoms with Crippen LogP contribution in [0.25, 0.3) is 0 Å². The molecule has 2 aromatic carbocycles. The van der Waals surface area contributed by atoms with Gasteiger partial charge in [0.1, 0.15) is 11.6 Å². The smallest absolute Gasteiger partial charge is 0.255 e. The first-order valence-corrected chi connectivity index (χ1v) is 6.95. The average molecular weight is 303 g/mol. The van der Waals surface area contributed by atoms with Gasteiger partial charge in [0.2, 0.25) is 0 Å². The van der Waals surface area contributed by atoms with Gasteiger partial charge in [-0.05, 0) is 43.3 Å². The van der Waals surface area contributed by atoms with E-state index in [1.54, 1.807) is 37.4 Å². The molecular weight excluding hydrogens is 285 g/mol. The molecule has 0 radical (unpaired) electrons. The Morgan fingerprint density at radius 2 is 2.05 bits per heavy atom. The predicted molar refractivity (Wildman–Crippen MR) is 82.7 cm³/mol. The summed E-state index contributed by atoms with van der Waals surface area (Å²) in [6, 6.07) is 10.9. The van der Waals surface area contributed by atoms with Crippen LogP contribution in [0.15, 0.2) is 42.5 Å². The largest absolute Gasteiger partial charge is 0.494 e. The Hall–Kier alpha value is -2.40. The van der Waals surface area contributed by atoms with E-state index in [0.29, 0.717) is 30.2 Å². The molecule has 0 bridgehead atoms. The number of nitrogens with one attached hydrogen (secondary N) is 1. The van der Waals surface area contributed by atoms with Crippen LogP contribution in [0.4, 0.5) is 10.1 Å². The fourth-order valence-corrected chi connectivity index (χ4v) is 2.05. The lowest BCUT2D eigenvalue weighted by Crippen LogP contribution is -2.12. The number of hydrogen-bond acceptors (Lipinski definition) is 3. The highest BCUT2D eigenvalue weighted by atomic mass is 19.1. The van der Waals surface area contributed by atoms with Gasteiger partial charge in [-0.1, -0.05) is 6.07 Å². The van der Waals surface area contributed by atoms with E-state index in [1.807, 2.05) is 6.92 Å². The van der Waals surface area contributed by atoms with E-state index in [1.165, 1.54) is 12.1 Å². The normalized spacial score (nSPS) is 10.3. The number of anilines is 1. The molecule has 0 atom stereocenters. The van der Waals surface area contributed by atoms with Crippen molar-refractivity contribution in [3.05, 3.63) is 59.4 Å². The number of carbonyl (C=O) groups is 1. The van der Waals surface area contributed by atoms with Gasteiger partial charge in [0.25, 0.3) is 5.91 Å². The number of benzene rings is 2. The molecular formula is C17H18FNO3. The molecule has 116 valence electrons. The van der Waals surface area contributed by atoms with E-state index in [4.69, 9.17) is 9.47 Å². The molecule has 22 heavy (non-hydrogen) atoms. The molecule has 0 aliphatic heterocycles. The van der Waals surface area contributed by atoms with Crippen molar-refractivity contribution in [2.75, 3.05) is 19.0 Å². The maximum Gasteiger partial charge on any atom is 0.255 e. The van der Waals surface area contributed by atoms with Gasteiger partial charge in [-0.15, -0.1) is 0 Å². The molecule has 0 heterocycles. The van der Waals surface area contributed by atoms with Crippen molar-refractivity contribution in [2.45, 2.75) is 13.5 Å². The Morgan fingerprint density at radius 1 is 1.23 bits per heavy atom. The molecule has 1 amide bonds. The second-order valence-electron chi connectivity index (χ2n) is 4.65. The van der Waals surface area contributed by atoms with E-state index >= 15 is 0 Å². The van der Waals surface area contributed by atoms with Gasteiger partial charge in [0.15, 0.2) is 0 Å². The first kappa shape index (κ1) is 16.0. The summed E-state index contributed by atoms with van der Waals surface area (Å²) in [5.74, 6) is -0.0257. The van der Waals surface area contributed by atoms with Crippen LogP contribution in [0.1, 0.15) is 22.8 Å². The lowest BCUT2D eigenvalue weighted by molar-refractivity contribution is 0.102. The van der Waals surface area contributed by atoms with E-state index in [9.17, 15) is 9.18 Å². The number of rotatable bonds is 6. The molecule has 5 heteroatoms. The third-order valence-electron chi connectivity index (χ3n) is 3.00. The number of methoxy groups -OCH3 is 1. The molecule has 0 aromatic heterocycles. The monoisotopic (exact) mass is 303 g/mol. The molecule has 2 rings (SSSR count). The quantitative estimate of drug-likeness (QED) is 0.886. The highest BCUT2D eigenvalue weighted by molar-refractivity contribution is 6.04. The van der Waals surface area contributed by atoms with Gasteiger partial charge in [-0.25, -0.2) is 4.39 Å². The van der Waals surface area contributed by atoms with Gasteiger partial charge in [0, 0.05) is 23.9 Å². The highest BCUT2D eigenvalue weighted by Gasteiger charge is 2.11. The Balaban J connectivity index is 2.20. The van der Waals surface area contributed by atoms with Crippen LogP contribution in [0, 0.1) is 5.82 Å². The third kappa shape index (κ3) is 4.05. The van der Waals surface area contributed by atoms with Crippen LogP contribution < -0.4 is 10.1 Å². The zero-order valence-corrected chi connectivity index (χ0v) is 12.6. The zero-order valence-electron chi connectivity index (χ0n) is 12.6. The van der Waals surface area contributed by atoms with Crippen molar-refractivity contribution in [1.82, 2.24) is 0 Å². The molecule has 0 unspecified atom stereocenters. The van der Waals surface area contributed by atoms with Crippen LogP contribution >= 0.6 is 0 Å². The van der Waals surface area contributed by atoms with E-state index in [2.05, 4.69) is 5.32 Å². The standard InChI is InChI=1S/C17H18FNO3/c1-3-22-16-8-7-12(9-13(16)11-21-2)17(20)19-15-6-4-5-14(18)10-15/h4-10H,3,11H2,1-2H3,(H,19,20). The minimum Gasteiger partial charge on any atom is -0.494 e. The summed E-state index contributed by atoms with van der Waals surface area (Å²) >= 11 is 0. The van der Waals surface area contributed by atoms with E-state index in [0.717, 1.165) is 5.56 Å². The molecule has 0 aliphatic carbocycles. The number of amides is 1. The van der Waals surface area contributed by atoms with Crippen molar-refractivity contribution in [1.29, 1.82) is 0 Å². The molecule has 0 saturated heterocycles. The summed E-state index contributed by atoms with van der Waals surface area (Å²) in [6.07, 6.45) is 0. The molecule has 1 N–H and O–H groups in total. The molecule has 0 saturated carbocycles. The van der Waals surface area contributed by atoms with Gasteiger partial charge in [-0.3, -0.25) is 4.79 Å². The molecule has 4 nitrogen and oxygen atoms in total. The highest BCUT2D eigenvalue weighted by Crippen LogP contribution is 2.22. The Kier molecular flexibility index (Phi) is 5.49. The predicted octanol–water partition coefficient (Wildman–Crippen LogP) is 3.62. The number of halogens is 1. The van der Waals surface area contributed by atoms with Crippen molar-refractivity contribution < 1.29 is 18.7 Å². The third-order valence-corrected chi connectivity index (χ3v) is 3.00. The van der Waals surface area contributed by atoms with Crippen LogP contribution in [0.2, 0.25) is 0 Å². The first-order chi connectivity index (χ1) is 10.6. The van der Waals surface area contributed by atoms with E-state index in [-0.39, 0.29) is 5.91 Å². The summed E-state index contributed by atoms with van der Waals surface area (Å²) in [4.78, 5) is 12.2. The Labute approximate surface area is 128 Å². The lowest BCUT2D eigenvalue weighted by atomic mass is 10.1. The summed E-state index contributed by atoms with van der Waals surface area (Å²) in [5, 5.41) is 2.66. The van der Waals surface area contributed by atoms with Gasteiger partial charge in [0.05, 0.1) is 13.2 Å². The molecule has 0 aliphatic rings. The maximum atomic E-state index is 13.1. The SMILES string of the molecule is CCOc1ccc(C(=O)Nc2cccc(F)c2)cc1COC. The molecule has 2 aromatic rings. The second-order valence-corrected chi connectivity index (χ2v) is 4.65. The van der Waals surface area contributed by atoms with Crippen molar-refractivity contribution in [2.24, 2.45) is 0 Å². The first-order valence-electron chi connectivity index (χ1n) is 6.95. The van der Waals surface area contributed by atoms with E-state index < -0.39 is 5.82 Å². The van der Waals surface area contributed by atoms with Gasteiger partial charge < -0.3 is 14.8 Å². The summed E-state index contributed by atoms with van der Waals surface area (Å²) in [5.41, 5.74) is 1.66. The summed E-state index contributed by atoms with van der Waals surface area (Å²) in [7, 11) is 1.58. The Bertz CT molecular complexity index is 658. The number of carbonyl (C=O) groups excluding carboxylic acids is 1. The fourth-order valence-electron chi connectivity index (χ4n) is 2.05. The topological polar surface area (TPSA) is 47.6 Å². The van der Waals surface area contributed by atoms with Gasteiger partial charge >= 0.3 is 0 Å². The molecule has 0 spiro atoms. The maximum absolute atomic E-state index is 13.1. The Morgan fingerprint density at radius 3 is 2.73 bits per heavy atom. The zero-order chi connectivity index (χ0) is 15.9. The second kappa shape index (κ2) is 7.56. The van der Waals surface area contributed by atoms with Crippen molar-refractivity contribution in [3.63, 3.8) is 0 Å². The summed E-state index contributed by atoms with van der Waals surface area (Å²) in [6.45, 7) is 2.77. The van der Waals surface area contributed by atoms with Crippen LogP contribution in [-0.4, -0.2) is 19.6 Å². The van der Waals surface area contributed by atoms with Crippen molar-refractivity contribution in [3.8, 4) is 5.75 Å². The number of ether oxygens (including phenoxy) is 2. The molecule has 0 fully saturated rings. The lowest BCUT2D eigenvalue weighted by Gasteiger charge is -2.12. The fraction of sp³-hybridized carbons (Fsp3) is 0.235. The van der Waals surface area contributed by atoms with Crippen LogP contribution in [-0.2, 0) is 11.3 Å². The number of hydrogen-bond donors (Lipinski definition) is 1. The summed E-state index contributed by atoms with van der Waals surface area (Å²) < 4.78 is 23.8.